The number of carbonyl (C=O) groups excluding carboxylic acids is 1. The molecular formula is C28H33NO3. The van der Waals surface area contributed by atoms with Crippen molar-refractivity contribution < 1.29 is 14.6 Å². The molecule has 0 radical (unpaired) electrons. The van der Waals surface area contributed by atoms with Gasteiger partial charge in [0.05, 0.1) is 0 Å². The third-order valence-electron chi connectivity index (χ3n) is 5.67. The lowest BCUT2D eigenvalue weighted by molar-refractivity contribution is -0.154. The molecule has 0 aromatic heterocycles. The summed E-state index contributed by atoms with van der Waals surface area (Å²) in [6, 6.07) is 29.8. The number of nitrogens with zero attached hydrogens (tertiary/aromatic N) is 1. The molecule has 0 aliphatic carbocycles. The highest BCUT2D eigenvalue weighted by Gasteiger charge is 2.32. The molecule has 2 atom stereocenters. The number of ether oxygens (including phenoxy) is 1. The summed E-state index contributed by atoms with van der Waals surface area (Å²) >= 11 is 0. The van der Waals surface area contributed by atoms with Gasteiger partial charge in [0.1, 0.15) is 12.6 Å². The minimum absolute atomic E-state index is 0.0397. The van der Waals surface area contributed by atoms with Crippen molar-refractivity contribution in [3.63, 3.8) is 0 Å². The minimum Gasteiger partial charge on any atom is -0.460 e. The maximum atomic E-state index is 13.4. The third kappa shape index (κ3) is 7.33. The van der Waals surface area contributed by atoms with Gasteiger partial charge in [0.25, 0.3) is 0 Å². The summed E-state index contributed by atoms with van der Waals surface area (Å²) in [7, 11) is 0. The number of esters is 1. The van der Waals surface area contributed by atoms with Crippen LogP contribution < -0.4 is 0 Å². The average molecular weight is 432 g/mol. The van der Waals surface area contributed by atoms with Gasteiger partial charge in [-0.15, -0.1) is 0 Å². The fraction of sp³-hybridized carbons (Fsp3) is 0.321. The molecule has 0 heterocycles. The second-order valence-corrected chi connectivity index (χ2v) is 8.26. The molecule has 0 bridgehead atoms. The maximum absolute atomic E-state index is 13.4. The number of aliphatic hydroxyl groups excluding tert-OH is 1. The Morgan fingerprint density at radius 1 is 0.812 bits per heavy atom. The van der Waals surface area contributed by atoms with Gasteiger partial charge in [-0.25, -0.2) is 0 Å². The Bertz CT molecular complexity index is 874. The van der Waals surface area contributed by atoms with Gasteiger partial charge < -0.3 is 9.84 Å². The lowest BCUT2D eigenvalue weighted by Crippen LogP contribution is -2.45. The number of hydrogen-bond acceptors (Lipinski definition) is 4. The summed E-state index contributed by atoms with van der Waals surface area (Å²) in [4.78, 5) is 15.6. The predicted molar refractivity (Wildman–Crippen MR) is 128 cm³/mol. The zero-order valence-electron chi connectivity index (χ0n) is 18.8. The van der Waals surface area contributed by atoms with Gasteiger partial charge in [-0.3, -0.25) is 9.69 Å². The number of hydrogen-bond donors (Lipinski definition) is 1. The summed E-state index contributed by atoms with van der Waals surface area (Å²) in [5.41, 5.74) is 3.28. The summed E-state index contributed by atoms with van der Waals surface area (Å²) in [6.45, 7) is 3.74. The molecule has 0 amide bonds. The Morgan fingerprint density at radius 2 is 1.28 bits per heavy atom. The first-order valence-corrected chi connectivity index (χ1v) is 11.3. The summed E-state index contributed by atoms with van der Waals surface area (Å²) in [5, 5.41) is 9.37. The topological polar surface area (TPSA) is 49.8 Å². The van der Waals surface area contributed by atoms with Crippen molar-refractivity contribution in [3.05, 3.63) is 108 Å². The van der Waals surface area contributed by atoms with Crippen molar-refractivity contribution in [2.24, 2.45) is 5.92 Å². The summed E-state index contributed by atoms with van der Waals surface area (Å²) in [5.74, 6) is -0.177. The van der Waals surface area contributed by atoms with E-state index in [9.17, 15) is 9.90 Å². The van der Waals surface area contributed by atoms with E-state index < -0.39 is 6.04 Å². The largest absolute Gasteiger partial charge is 0.460 e. The monoisotopic (exact) mass is 431 g/mol. The van der Waals surface area contributed by atoms with Crippen LogP contribution in [0.25, 0.3) is 0 Å². The van der Waals surface area contributed by atoms with E-state index in [1.54, 1.807) is 0 Å². The molecule has 3 aromatic rings. The van der Waals surface area contributed by atoms with Crippen LogP contribution in [0.4, 0.5) is 0 Å². The van der Waals surface area contributed by atoms with E-state index in [-0.39, 0.29) is 25.1 Å². The Morgan fingerprint density at radius 3 is 1.75 bits per heavy atom. The molecule has 0 saturated carbocycles. The van der Waals surface area contributed by atoms with Crippen molar-refractivity contribution in [2.75, 3.05) is 6.61 Å². The Balaban J connectivity index is 1.84. The van der Waals surface area contributed by atoms with Crippen LogP contribution >= 0.6 is 0 Å². The molecular weight excluding hydrogens is 398 g/mol. The van der Waals surface area contributed by atoms with Crippen molar-refractivity contribution in [1.29, 1.82) is 0 Å². The molecule has 2 unspecified atom stereocenters. The first-order valence-electron chi connectivity index (χ1n) is 11.3. The molecule has 0 fully saturated rings. The van der Waals surface area contributed by atoms with E-state index in [0.717, 1.165) is 23.1 Å². The van der Waals surface area contributed by atoms with Gasteiger partial charge in [-0.1, -0.05) is 97.9 Å². The smallest absolute Gasteiger partial charge is 0.323 e. The van der Waals surface area contributed by atoms with Crippen LogP contribution in [0.3, 0.4) is 0 Å². The number of carbonyl (C=O) groups is 1. The zero-order chi connectivity index (χ0) is 22.6. The number of benzene rings is 3. The van der Waals surface area contributed by atoms with Gasteiger partial charge in [0, 0.05) is 19.7 Å². The molecule has 168 valence electrons. The standard InChI is InChI=1S/C28H33NO3/c1-23(12-11-19-30)27(28(31)32-22-26-17-9-4-10-18-26)29(20-24-13-5-2-6-14-24)21-25-15-7-3-8-16-25/h2-10,13-18,23,27,30H,11-12,19-22H2,1H3. The SMILES string of the molecule is CC(CCCO)C(C(=O)OCc1ccccc1)N(Cc1ccccc1)Cc1ccccc1. The molecule has 1 N–H and O–H groups in total. The van der Waals surface area contributed by atoms with Crippen molar-refractivity contribution in [3.8, 4) is 0 Å². The number of aliphatic hydroxyl groups is 1. The highest BCUT2D eigenvalue weighted by Crippen LogP contribution is 2.23. The molecule has 0 aliphatic rings. The predicted octanol–water partition coefficient (Wildman–Crippen LogP) is 5.21. The molecule has 0 aliphatic heterocycles. The van der Waals surface area contributed by atoms with Gasteiger partial charge in [0.15, 0.2) is 0 Å². The molecule has 0 saturated heterocycles. The molecule has 32 heavy (non-hydrogen) atoms. The summed E-state index contributed by atoms with van der Waals surface area (Å²) < 4.78 is 5.80. The average Bonchev–Trinajstić information content (AvgIpc) is 2.83. The fourth-order valence-electron chi connectivity index (χ4n) is 4.01. The van der Waals surface area contributed by atoms with E-state index in [1.807, 2.05) is 66.7 Å². The Kier molecular flexibility index (Phi) is 9.48. The van der Waals surface area contributed by atoms with Crippen molar-refractivity contribution >= 4 is 5.97 Å². The van der Waals surface area contributed by atoms with Crippen molar-refractivity contribution in [2.45, 2.75) is 45.5 Å². The normalized spacial score (nSPS) is 13.0. The molecule has 0 spiro atoms. The lowest BCUT2D eigenvalue weighted by atomic mass is 9.94. The maximum Gasteiger partial charge on any atom is 0.323 e. The zero-order valence-corrected chi connectivity index (χ0v) is 18.8. The fourth-order valence-corrected chi connectivity index (χ4v) is 4.01. The second-order valence-electron chi connectivity index (χ2n) is 8.26. The van der Waals surface area contributed by atoms with E-state index in [1.165, 1.54) is 0 Å². The van der Waals surface area contributed by atoms with E-state index >= 15 is 0 Å². The lowest BCUT2D eigenvalue weighted by Gasteiger charge is -2.34. The van der Waals surface area contributed by atoms with Gasteiger partial charge in [-0.05, 0) is 35.4 Å². The molecule has 3 rings (SSSR count). The first kappa shape index (κ1) is 23.7. The van der Waals surface area contributed by atoms with Crippen molar-refractivity contribution in [1.82, 2.24) is 4.90 Å². The van der Waals surface area contributed by atoms with E-state index in [2.05, 4.69) is 36.1 Å². The molecule has 4 nitrogen and oxygen atoms in total. The minimum atomic E-state index is -0.411. The third-order valence-corrected chi connectivity index (χ3v) is 5.67. The molecule has 3 aromatic carbocycles. The molecule has 4 heteroatoms. The number of rotatable bonds is 12. The van der Waals surface area contributed by atoms with Crippen LogP contribution in [0.2, 0.25) is 0 Å². The van der Waals surface area contributed by atoms with E-state index in [4.69, 9.17) is 4.74 Å². The highest BCUT2D eigenvalue weighted by molar-refractivity contribution is 5.76. The van der Waals surface area contributed by atoms with Crippen LogP contribution in [0.5, 0.6) is 0 Å². The Labute approximate surface area is 191 Å². The highest BCUT2D eigenvalue weighted by atomic mass is 16.5. The van der Waals surface area contributed by atoms with Crippen LogP contribution in [0.1, 0.15) is 36.5 Å². The van der Waals surface area contributed by atoms with Gasteiger partial charge >= 0.3 is 5.97 Å². The first-order chi connectivity index (χ1) is 15.7. The van der Waals surface area contributed by atoms with Crippen LogP contribution in [-0.4, -0.2) is 28.6 Å². The second kappa shape index (κ2) is 12.8. The quantitative estimate of drug-likeness (QED) is 0.400. The van der Waals surface area contributed by atoms with Crippen LogP contribution in [0, 0.1) is 5.92 Å². The van der Waals surface area contributed by atoms with Gasteiger partial charge in [-0.2, -0.15) is 0 Å². The van der Waals surface area contributed by atoms with Crippen LogP contribution in [-0.2, 0) is 29.2 Å². The van der Waals surface area contributed by atoms with E-state index in [0.29, 0.717) is 19.5 Å². The Hall–Kier alpha value is -2.95. The van der Waals surface area contributed by atoms with Crippen LogP contribution in [0.15, 0.2) is 91.0 Å². The summed E-state index contributed by atoms with van der Waals surface area (Å²) in [6.07, 6.45) is 1.41. The van der Waals surface area contributed by atoms with Gasteiger partial charge in [0.2, 0.25) is 0 Å².